The average Bonchev–Trinajstić information content (AvgIpc) is 3.15. The van der Waals surface area contributed by atoms with Crippen LogP contribution in [0.1, 0.15) is 34.9 Å². The third-order valence-electron chi connectivity index (χ3n) is 5.96. The third-order valence-corrected chi connectivity index (χ3v) is 7.41. The quantitative estimate of drug-likeness (QED) is 0.637. The first-order valence-corrected chi connectivity index (χ1v) is 11.6. The molecule has 2 aromatic heterocycles. The number of morpholine rings is 1. The maximum atomic E-state index is 6.13. The summed E-state index contributed by atoms with van der Waals surface area (Å²) < 4.78 is 5.57. The Kier molecular flexibility index (Phi) is 5.68. The maximum Gasteiger partial charge on any atom is 0.138 e. The summed E-state index contributed by atoms with van der Waals surface area (Å²) in [6.07, 6.45) is 6.55. The van der Waals surface area contributed by atoms with Gasteiger partial charge in [0.05, 0.1) is 24.6 Å². The number of aromatic nitrogens is 2. The Bertz CT molecular complexity index is 984. The number of anilines is 1. The second kappa shape index (κ2) is 8.56. The topological polar surface area (TPSA) is 50.3 Å². The molecule has 1 aliphatic heterocycles. The molecule has 3 aromatic rings. The zero-order valence-electron chi connectivity index (χ0n) is 16.4. The molecule has 1 N–H and O–H groups in total. The van der Waals surface area contributed by atoms with Crippen molar-refractivity contribution in [2.75, 3.05) is 38.2 Å². The molecule has 5 nitrogen and oxygen atoms in total. The van der Waals surface area contributed by atoms with Gasteiger partial charge < -0.3 is 10.1 Å². The molecule has 5 rings (SSSR count). The average molecular weight is 429 g/mol. The van der Waals surface area contributed by atoms with Crippen molar-refractivity contribution < 1.29 is 4.74 Å². The molecule has 1 fully saturated rings. The Hall–Kier alpha value is -1.73. The highest BCUT2D eigenvalue weighted by Gasteiger charge is 2.24. The van der Waals surface area contributed by atoms with Crippen molar-refractivity contribution in [3.05, 3.63) is 51.6 Å². The number of nitrogens with one attached hydrogen (secondary N) is 1. The van der Waals surface area contributed by atoms with Crippen molar-refractivity contribution >= 4 is 39.0 Å². The van der Waals surface area contributed by atoms with Crippen molar-refractivity contribution in [1.82, 2.24) is 14.9 Å². The van der Waals surface area contributed by atoms with E-state index in [1.165, 1.54) is 40.7 Å². The minimum Gasteiger partial charge on any atom is -0.379 e. The number of halogens is 1. The number of hydrogen-bond donors (Lipinski definition) is 1. The summed E-state index contributed by atoms with van der Waals surface area (Å²) in [6, 6.07) is 8.46. The summed E-state index contributed by atoms with van der Waals surface area (Å²) in [6.45, 7) is 4.21. The largest absolute Gasteiger partial charge is 0.379 e. The number of fused-ring (bicyclic) bond motifs is 3. The Morgan fingerprint density at radius 1 is 1.10 bits per heavy atom. The molecule has 0 saturated carbocycles. The van der Waals surface area contributed by atoms with E-state index < -0.39 is 0 Å². The molecule has 1 unspecified atom stereocenters. The highest BCUT2D eigenvalue weighted by Crippen LogP contribution is 2.38. The minimum absolute atomic E-state index is 0.246. The van der Waals surface area contributed by atoms with Crippen molar-refractivity contribution in [2.24, 2.45) is 0 Å². The highest BCUT2D eigenvalue weighted by molar-refractivity contribution is 7.19. The summed E-state index contributed by atoms with van der Waals surface area (Å²) in [4.78, 5) is 14.3. The van der Waals surface area contributed by atoms with E-state index in [1.807, 2.05) is 23.5 Å². The summed E-state index contributed by atoms with van der Waals surface area (Å²) >= 11 is 7.97. The van der Waals surface area contributed by atoms with Gasteiger partial charge in [0.2, 0.25) is 0 Å². The van der Waals surface area contributed by atoms with Crippen LogP contribution in [0.3, 0.4) is 0 Å². The van der Waals surface area contributed by atoms with E-state index in [-0.39, 0.29) is 6.04 Å². The molecule has 0 amide bonds. The SMILES string of the molecule is Clc1ccc(C(CNc2ncnc3sc4c(c23)CCCC4)N2CCOCC2)cc1. The number of hydrogen-bond acceptors (Lipinski definition) is 6. The zero-order valence-corrected chi connectivity index (χ0v) is 17.9. The fourth-order valence-corrected chi connectivity index (χ4v) is 5.80. The molecule has 29 heavy (non-hydrogen) atoms. The van der Waals surface area contributed by atoms with E-state index in [2.05, 4.69) is 32.3 Å². The summed E-state index contributed by atoms with van der Waals surface area (Å²) in [5.41, 5.74) is 2.73. The van der Waals surface area contributed by atoms with Gasteiger partial charge in [-0.1, -0.05) is 23.7 Å². The number of thiophene rings is 1. The first kappa shape index (κ1) is 19.2. The molecule has 3 heterocycles. The zero-order chi connectivity index (χ0) is 19.6. The molecule has 7 heteroatoms. The van der Waals surface area contributed by atoms with Gasteiger partial charge in [-0.25, -0.2) is 9.97 Å². The molecule has 1 atom stereocenters. The Morgan fingerprint density at radius 3 is 2.72 bits per heavy atom. The van der Waals surface area contributed by atoms with Crippen molar-refractivity contribution in [3.63, 3.8) is 0 Å². The van der Waals surface area contributed by atoms with Crippen LogP contribution in [-0.4, -0.2) is 47.7 Å². The lowest BCUT2D eigenvalue weighted by atomic mass is 9.97. The first-order chi connectivity index (χ1) is 14.3. The van der Waals surface area contributed by atoms with E-state index in [9.17, 15) is 0 Å². The molecule has 0 spiro atoms. The van der Waals surface area contributed by atoms with Crippen LogP contribution in [0, 0.1) is 0 Å². The van der Waals surface area contributed by atoms with Gasteiger partial charge in [0, 0.05) is 29.5 Å². The maximum absolute atomic E-state index is 6.13. The van der Waals surface area contributed by atoms with Crippen molar-refractivity contribution in [3.8, 4) is 0 Å². The monoisotopic (exact) mass is 428 g/mol. The summed E-state index contributed by atoms with van der Waals surface area (Å²) in [7, 11) is 0. The molecule has 1 saturated heterocycles. The Labute approximate surface area is 180 Å². The first-order valence-electron chi connectivity index (χ1n) is 10.4. The van der Waals surface area contributed by atoms with E-state index >= 15 is 0 Å². The molecular formula is C22H25ClN4OS. The van der Waals surface area contributed by atoms with Crippen LogP contribution < -0.4 is 5.32 Å². The van der Waals surface area contributed by atoms with Gasteiger partial charge in [-0.05, 0) is 48.9 Å². The van der Waals surface area contributed by atoms with Crippen LogP contribution in [0.4, 0.5) is 5.82 Å². The second-order valence-electron chi connectivity index (χ2n) is 7.71. The van der Waals surface area contributed by atoms with E-state index in [0.29, 0.717) is 0 Å². The number of benzene rings is 1. The van der Waals surface area contributed by atoms with Gasteiger partial charge in [0.15, 0.2) is 0 Å². The van der Waals surface area contributed by atoms with Crippen molar-refractivity contribution in [2.45, 2.75) is 31.7 Å². The number of rotatable bonds is 5. The minimum atomic E-state index is 0.246. The predicted molar refractivity (Wildman–Crippen MR) is 119 cm³/mol. The molecule has 1 aliphatic carbocycles. The lowest BCUT2D eigenvalue weighted by Gasteiger charge is -2.35. The Morgan fingerprint density at radius 2 is 1.90 bits per heavy atom. The van der Waals surface area contributed by atoms with Gasteiger partial charge in [-0.3, -0.25) is 4.90 Å². The molecule has 2 aliphatic rings. The molecular weight excluding hydrogens is 404 g/mol. The van der Waals surface area contributed by atoms with E-state index in [1.54, 1.807) is 6.33 Å². The lowest BCUT2D eigenvalue weighted by molar-refractivity contribution is 0.0187. The Balaban J connectivity index is 1.44. The third kappa shape index (κ3) is 3.99. The standard InChI is InChI=1S/C22H25ClN4OS/c23-16-7-5-15(6-8-16)18(27-9-11-28-12-10-27)13-24-21-20-17-3-1-2-4-19(17)29-22(20)26-14-25-21/h5-8,14,18H,1-4,9-13H2,(H,24,25,26). The fourth-order valence-electron chi connectivity index (χ4n) is 4.45. The van der Waals surface area contributed by atoms with Crippen LogP contribution in [0.25, 0.3) is 10.2 Å². The summed E-state index contributed by atoms with van der Waals surface area (Å²) in [5.74, 6) is 0.974. The number of ether oxygens (including phenoxy) is 1. The second-order valence-corrected chi connectivity index (χ2v) is 9.23. The normalized spacial score (nSPS) is 18.5. The lowest BCUT2D eigenvalue weighted by Crippen LogP contribution is -2.41. The van der Waals surface area contributed by atoms with Crippen LogP contribution >= 0.6 is 22.9 Å². The van der Waals surface area contributed by atoms with Crippen LogP contribution in [0.15, 0.2) is 30.6 Å². The fraction of sp³-hybridized carbons (Fsp3) is 0.455. The molecule has 1 aromatic carbocycles. The van der Waals surface area contributed by atoms with Crippen LogP contribution in [0.2, 0.25) is 5.02 Å². The van der Waals surface area contributed by atoms with Gasteiger partial charge in [0.25, 0.3) is 0 Å². The number of nitrogens with zero attached hydrogens (tertiary/aromatic N) is 3. The predicted octanol–water partition coefficient (Wildman–Crippen LogP) is 4.71. The van der Waals surface area contributed by atoms with Gasteiger partial charge in [-0.15, -0.1) is 11.3 Å². The molecule has 152 valence electrons. The highest BCUT2D eigenvalue weighted by atomic mass is 35.5. The van der Waals surface area contributed by atoms with Gasteiger partial charge >= 0.3 is 0 Å². The van der Waals surface area contributed by atoms with Crippen LogP contribution in [0.5, 0.6) is 0 Å². The van der Waals surface area contributed by atoms with Gasteiger partial charge in [0.1, 0.15) is 17.0 Å². The van der Waals surface area contributed by atoms with Crippen molar-refractivity contribution in [1.29, 1.82) is 0 Å². The number of aryl methyl sites for hydroxylation is 2. The van der Waals surface area contributed by atoms with Gasteiger partial charge in [-0.2, -0.15) is 0 Å². The van der Waals surface area contributed by atoms with E-state index in [4.69, 9.17) is 16.3 Å². The van der Waals surface area contributed by atoms with E-state index in [0.717, 1.165) is 54.9 Å². The summed E-state index contributed by atoms with van der Waals surface area (Å²) in [5, 5.41) is 5.68. The van der Waals surface area contributed by atoms with Crippen LogP contribution in [-0.2, 0) is 17.6 Å². The molecule has 0 bridgehead atoms. The smallest absolute Gasteiger partial charge is 0.138 e. The molecule has 0 radical (unpaired) electrons.